The summed E-state index contributed by atoms with van der Waals surface area (Å²) >= 11 is 0. The van der Waals surface area contributed by atoms with Crippen LogP contribution >= 0.6 is 0 Å². The number of hydrazine groups is 2. The van der Waals surface area contributed by atoms with Crippen LogP contribution in [-0.2, 0) is 16.1 Å². The molecule has 3 aliphatic heterocycles. The fourth-order valence-electron chi connectivity index (χ4n) is 4.25. The van der Waals surface area contributed by atoms with Gasteiger partial charge in [-0.05, 0) is 30.0 Å². The van der Waals surface area contributed by atoms with Gasteiger partial charge in [-0.3, -0.25) is 4.79 Å². The maximum absolute atomic E-state index is 12.8. The van der Waals surface area contributed by atoms with Gasteiger partial charge in [0, 0.05) is 12.5 Å². The average Bonchev–Trinajstić information content (AvgIpc) is 3.50. The molecule has 1 aromatic heterocycles. The van der Waals surface area contributed by atoms with Gasteiger partial charge in [-0.2, -0.15) is 15.4 Å². The molecule has 30 heavy (non-hydrogen) atoms. The van der Waals surface area contributed by atoms with Crippen molar-refractivity contribution in [3.8, 4) is 6.07 Å². The number of hydrogen-bond donors (Lipinski definition) is 2. The van der Waals surface area contributed by atoms with Crippen LogP contribution in [0.2, 0.25) is 0 Å². The third-order valence-electron chi connectivity index (χ3n) is 5.98. The van der Waals surface area contributed by atoms with E-state index in [9.17, 15) is 4.79 Å². The number of nitriles is 1. The number of amides is 1. The molecular formula is C20H23N7O3. The van der Waals surface area contributed by atoms with Gasteiger partial charge in [0.1, 0.15) is 12.6 Å². The molecule has 2 N–H and O–H groups in total. The Morgan fingerprint density at radius 1 is 1.30 bits per heavy atom. The van der Waals surface area contributed by atoms with Crippen molar-refractivity contribution in [1.82, 2.24) is 31.0 Å². The van der Waals surface area contributed by atoms with Crippen LogP contribution < -0.4 is 10.9 Å². The quantitative estimate of drug-likeness (QED) is 0.756. The molecule has 0 bridgehead atoms. The minimum absolute atomic E-state index is 0.0351. The number of aromatic nitrogens is 2. The Balaban J connectivity index is 1.22. The molecule has 10 heteroatoms. The van der Waals surface area contributed by atoms with Crippen LogP contribution in [0.4, 0.5) is 0 Å². The van der Waals surface area contributed by atoms with Gasteiger partial charge in [-0.15, -0.1) is 0 Å². The Morgan fingerprint density at radius 3 is 2.93 bits per heavy atom. The lowest BCUT2D eigenvalue weighted by Gasteiger charge is -2.37. The molecule has 2 aromatic rings. The molecular weight excluding hydrogens is 386 g/mol. The number of carbonyl (C=O) groups is 1. The molecule has 1 aromatic carbocycles. The fourth-order valence-corrected chi connectivity index (χ4v) is 4.25. The lowest BCUT2D eigenvalue weighted by Crippen LogP contribution is -2.63. The normalized spacial score (nSPS) is 29.2. The second-order valence-electron chi connectivity index (χ2n) is 8.04. The summed E-state index contributed by atoms with van der Waals surface area (Å²) in [5.41, 5.74) is 8.05. The summed E-state index contributed by atoms with van der Waals surface area (Å²) in [5, 5.41) is 14.9. The number of benzene rings is 1. The van der Waals surface area contributed by atoms with Gasteiger partial charge in [0.15, 0.2) is 5.82 Å². The minimum atomic E-state index is -0.224. The highest BCUT2D eigenvalue weighted by Crippen LogP contribution is 2.37. The Bertz CT molecular complexity index is 970. The summed E-state index contributed by atoms with van der Waals surface area (Å²) in [4.78, 5) is 19.0. The topological polar surface area (TPSA) is 120 Å². The second kappa shape index (κ2) is 7.77. The molecule has 10 nitrogen and oxygen atoms in total. The monoisotopic (exact) mass is 409 g/mol. The summed E-state index contributed by atoms with van der Waals surface area (Å²) in [7, 11) is 0. The van der Waals surface area contributed by atoms with E-state index in [1.165, 1.54) is 0 Å². The van der Waals surface area contributed by atoms with E-state index in [1.807, 2.05) is 12.1 Å². The van der Waals surface area contributed by atoms with Crippen molar-refractivity contribution in [3.05, 3.63) is 47.1 Å². The smallest absolute Gasteiger partial charge is 0.246 e. The van der Waals surface area contributed by atoms with Crippen LogP contribution in [0.3, 0.4) is 0 Å². The standard InChI is InChI=1S/C20H23N7O3/c1-12-8-22-27-18(12)20(28)26(11-23-27)9-17-24-19(25-30-17)15-6-16(29-10-15)14-4-2-13(7-21)3-5-14/h2-5,12,15-16,18,22-23H,6,8-11H2,1H3/t12?,15-,16+,18?/m0/s1. The van der Waals surface area contributed by atoms with Crippen molar-refractivity contribution in [1.29, 1.82) is 5.26 Å². The highest BCUT2D eigenvalue weighted by molar-refractivity contribution is 5.83. The SMILES string of the molecule is CC1CNN2NCN(Cc3nc([C@@H]4CO[C@@H](c5ccc(C#N)cc5)C4)no3)C(=O)C12. The maximum Gasteiger partial charge on any atom is 0.246 e. The van der Waals surface area contributed by atoms with Gasteiger partial charge >= 0.3 is 0 Å². The first-order chi connectivity index (χ1) is 14.6. The number of nitrogens with one attached hydrogen (secondary N) is 2. The number of nitrogens with zero attached hydrogens (tertiary/aromatic N) is 5. The first-order valence-electron chi connectivity index (χ1n) is 10.1. The van der Waals surface area contributed by atoms with Crippen molar-refractivity contribution in [2.24, 2.45) is 5.92 Å². The largest absolute Gasteiger partial charge is 0.373 e. The van der Waals surface area contributed by atoms with E-state index in [1.54, 1.807) is 22.2 Å². The van der Waals surface area contributed by atoms with E-state index in [0.29, 0.717) is 30.6 Å². The van der Waals surface area contributed by atoms with Gasteiger partial charge < -0.3 is 14.2 Å². The van der Waals surface area contributed by atoms with E-state index < -0.39 is 0 Å². The van der Waals surface area contributed by atoms with Crippen molar-refractivity contribution >= 4 is 5.91 Å². The van der Waals surface area contributed by atoms with Crippen LogP contribution in [0.25, 0.3) is 0 Å². The Kier molecular flexibility index (Phi) is 4.96. The number of rotatable bonds is 4. The first kappa shape index (κ1) is 19.1. The third kappa shape index (κ3) is 3.46. The van der Waals surface area contributed by atoms with Crippen LogP contribution in [-0.4, -0.2) is 51.9 Å². The number of carbonyl (C=O) groups excluding carboxylic acids is 1. The average molecular weight is 409 g/mol. The van der Waals surface area contributed by atoms with Crippen molar-refractivity contribution in [3.63, 3.8) is 0 Å². The third-order valence-corrected chi connectivity index (χ3v) is 5.98. The maximum atomic E-state index is 12.8. The summed E-state index contributed by atoms with van der Waals surface area (Å²) in [6, 6.07) is 9.33. The predicted molar refractivity (Wildman–Crippen MR) is 103 cm³/mol. The highest BCUT2D eigenvalue weighted by Gasteiger charge is 2.43. The van der Waals surface area contributed by atoms with Crippen LogP contribution in [0.1, 0.15) is 48.2 Å². The zero-order valence-electron chi connectivity index (χ0n) is 16.6. The Morgan fingerprint density at radius 2 is 2.13 bits per heavy atom. The van der Waals surface area contributed by atoms with Crippen molar-refractivity contribution in [2.45, 2.75) is 38.0 Å². The molecule has 3 saturated heterocycles. The molecule has 4 atom stereocenters. The Hall–Kier alpha value is -2.84. The highest BCUT2D eigenvalue weighted by atomic mass is 16.5. The molecule has 1 amide bonds. The van der Waals surface area contributed by atoms with E-state index in [2.05, 4.69) is 34.0 Å². The van der Waals surface area contributed by atoms with Gasteiger partial charge in [-0.25, -0.2) is 10.9 Å². The molecule has 0 saturated carbocycles. The Labute approximate surface area is 173 Å². The molecule has 3 aliphatic rings. The second-order valence-corrected chi connectivity index (χ2v) is 8.04. The molecule has 0 radical (unpaired) electrons. The molecule has 2 unspecified atom stereocenters. The molecule has 156 valence electrons. The molecule has 0 aliphatic carbocycles. The fraction of sp³-hybridized carbons (Fsp3) is 0.500. The molecule has 5 rings (SSSR count). The van der Waals surface area contributed by atoms with Gasteiger partial charge in [0.25, 0.3) is 0 Å². The lowest BCUT2D eigenvalue weighted by molar-refractivity contribution is -0.149. The van der Waals surface area contributed by atoms with Gasteiger partial charge in [-0.1, -0.05) is 24.2 Å². The van der Waals surface area contributed by atoms with Gasteiger partial charge in [0.05, 0.1) is 31.0 Å². The molecule has 0 spiro atoms. The predicted octanol–water partition coefficient (Wildman–Crippen LogP) is 0.816. The van der Waals surface area contributed by atoms with E-state index >= 15 is 0 Å². The summed E-state index contributed by atoms with van der Waals surface area (Å²) in [6.07, 6.45) is 0.690. The van der Waals surface area contributed by atoms with Crippen LogP contribution in [0.15, 0.2) is 28.8 Å². The first-order valence-corrected chi connectivity index (χ1v) is 10.1. The summed E-state index contributed by atoms with van der Waals surface area (Å²) in [6.45, 7) is 4.00. The number of hydrogen-bond acceptors (Lipinski definition) is 9. The van der Waals surface area contributed by atoms with Gasteiger partial charge in [0.2, 0.25) is 11.8 Å². The number of fused-ring (bicyclic) bond motifs is 1. The van der Waals surface area contributed by atoms with Crippen LogP contribution in [0.5, 0.6) is 0 Å². The van der Waals surface area contributed by atoms with E-state index in [0.717, 1.165) is 18.5 Å². The van der Waals surface area contributed by atoms with Crippen LogP contribution in [0, 0.1) is 17.2 Å². The number of ether oxygens (including phenoxy) is 1. The molecule has 4 heterocycles. The summed E-state index contributed by atoms with van der Waals surface area (Å²) in [5.74, 6) is 1.34. The zero-order chi connectivity index (χ0) is 20.7. The summed E-state index contributed by atoms with van der Waals surface area (Å²) < 4.78 is 11.4. The zero-order valence-corrected chi connectivity index (χ0v) is 16.6. The van der Waals surface area contributed by atoms with E-state index in [-0.39, 0.29) is 36.4 Å². The minimum Gasteiger partial charge on any atom is -0.373 e. The van der Waals surface area contributed by atoms with Crippen molar-refractivity contribution < 1.29 is 14.1 Å². The van der Waals surface area contributed by atoms with E-state index in [4.69, 9.17) is 14.5 Å². The van der Waals surface area contributed by atoms with Crippen molar-refractivity contribution in [2.75, 3.05) is 19.8 Å². The molecule has 3 fully saturated rings. The lowest BCUT2D eigenvalue weighted by atomic mass is 9.99.